The van der Waals surface area contributed by atoms with Crippen molar-refractivity contribution in [2.45, 2.75) is 20.4 Å². The third kappa shape index (κ3) is 4.50. The van der Waals surface area contributed by atoms with Gasteiger partial charge in [-0.3, -0.25) is 14.2 Å². The van der Waals surface area contributed by atoms with Crippen LogP contribution in [0.2, 0.25) is 0 Å². The number of nitrogens with one attached hydrogen (secondary N) is 1. The lowest BCUT2D eigenvalue weighted by Crippen LogP contribution is -2.46. The summed E-state index contributed by atoms with van der Waals surface area (Å²) in [6, 6.07) is 12.2. The number of nitrogens with zero attached hydrogens (tertiary/aromatic N) is 3. The molecule has 0 saturated heterocycles. The molecule has 0 bridgehead atoms. The van der Waals surface area contributed by atoms with Crippen LogP contribution < -0.4 is 26.0 Å². The first-order valence-electron chi connectivity index (χ1n) is 9.69. The molecule has 0 aliphatic heterocycles. The van der Waals surface area contributed by atoms with Gasteiger partial charge in [-0.2, -0.15) is 9.78 Å². The van der Waals surface area contributed by atoms with E-state index in [1.165, 1.54) is 14.2 Å². The van der Waals surface area contributed by atoms with Crippen LogP contribution >= 0.6 is 0 Å². The summed E-state index contributed by atoms with van der Waals surface area (Å²) < 4.78 is 12.5. The molecular weight excluding hydrogens is 400 g/mol. The van der Waals surface area contributed by atoms with Crippen molar-refractivity contribution in [3.05, 3.63) is 80.1 Å². The fourth-order valence-electron chi connectivity index (χ4n) is 3.04. The standard InChI is InChI=1S/C22H24N4O5/c1-5-23-20(27)19-21(28)25(13-15-8-6-14(2)7-9-15)22(29)26(24-19)16-10-11-17(30-3)18(12-16)31-4/h6-12H,5,13H2,1-4H3,(H,23,27). The average molecular weight is 424 g/mol. The summed E-state index contributed by atoms with van der Waals surface area (Å²) in [6.45, 7) is 3.99. The summed E-state index contributed by atoms with van der Waals surface area (Å²) >= 11 is 0. The number of aryl methyl sites for hydroxylation is 1. The summed E-state index contributed by atoms with van der Waals surface area (Å²) in [5, 5.41) is 6.64. The molecule has 0 spiro atoms. The Morgan fingerprint density at radius 1 is 1.03 bits per heavy atom. The smallest absolute Gasteiger partial charge is 0.352 e. The Hall–Kier alpha value is -3.88. The van der Waals surface area contributed by atoms with Crippen LogP contribution in [0.3, 0.4) is 0 Å². The van der Waals surface area contributed by atoms with Crippen molar-refractivity contribution in [2.75, 3.05) is 20.8 Å². The van der Waals surface area contributed by atoms with E-state index in [1.807, 2.05) is 31.2 Å². The Morgan fingerprint density at radius 3 is 2.32 bits per heavy atom. The van der Waals surface area contributed by atoms with Gasteiger partial charge in [0.2, 0.25) is 5.69 Å². The van der Waals surface area contributed by atoms with Crippen molar-refractivity contribution < 1.29 is 14.3 Å². The molecule has 0 fully saturated rings. The van der Waals surface area contributed by atoms with Gasteiger partial charge in [0.25, 0.3) is 11.5 Å². The van der Waals surface area contributed by atoms with Crippen LogP contribution in [0.4, 0.5) is 0 Å². The SMILES string of the molecule is CCNC(=O)c1nn(-c2ccc(OC)c(OC)c2)c(=O)n(Cc2ccc(C)cc2)c1=O. The highest BCUT2D eigenvalue weighted by molar-refractivity contribution is 5.91. The van der Waals surface area contributed by atoms with Crippen molar-refractivity contribution in [2.24, 2.45) is 0 Å². The third-order valence-corrected chi connectivity index (χ3v) is 4.69. The second-order valence-electron chi connectivity index (χ2n) is 6.82. The Kier molecular flexibility index (Phi) is 6.54. The molecule has 3 aromatic rings. The second-order valence-corrected chi connectivity index (χ2v) is 6.82. The van der Waals surface area contributed by atoms with E-state index >= 15 is 0 Å². The van der Waals surface area contributed by atoms with Gasteiger partial charge < -0.3 is 14.8 Å². The number of methoxy groups -OCH3 is 2. The van der Waals surface area contributed by atoms with E-state index in [9.17, 15) is 14.4 Å². The van der Waals surface area contributed by atoms with Gasteiger partial charge in [0.05, 0.1) is 26.5 Å². The van der Waals surface area contributed by atoms with Crippen molar-refractivity contribution in [3.63, 3.8) is 0 Å². The predicted molar refractivity (Wildman–Crippen MR) is 115 cm³/mol. The van der Waals surface area contributed by atoms with Gasteiger partial charge >= 0.3 is 5.69 Å². The molecule has 9 nitrogen and oxygen atoms in total. The molecule has 1 amide bonds. The Balaban J connectivity index is 2.22. The van der Waals surface area contributed by atoms with E-state index in [2.05, 4.69) is 10.4 Å². The minimum Gasteiger partial charge on any atom is -0.493 e. The number of benzene rings is 2. The van der Waals surface area contributed by atoms with Crippen LogP contribution in [0.1, 0.15) is 28.5 Å². The summed E-state index contributed by atoms with van der Waals surface area (Å²) in [7, 11) is 2.97. The van der Waals surface area contributed by atoms with Crippen LogP contribution in [0.25, 0.3) is 5.69 Å². The molecule has 9 heteroatoms. The summed E-state index contributed by atoms with van der Waals surface area (Å²) in [5.41, 5.74) is 0.321. The first kappa shape index (κ1) is 21.8. The summed E-state index contributed by atoms with van der Waals surface area (Å²) in [4.78, 5) is 38.7. The number of amides is 1. The fraction of sp³-hybridized carbons (Fsp3) is 0.273. The van der Waals surface area contributed by atoms with E-state index < -0.39 is 17.2 Å². The van der Waals surface area contributed by atoms with Gasteiger partial charge in [-0.25, -0.2) is 4.79 Å². The maximum atomic E-state index is 13.2. The Labute approximate surface area is 178 Å². The number of hydrogen-bond donors (Lipinski definition) is 1. The Bertz CT molecular complexity index is 1210. The molecule has 0 unspecified atom stereocenters. The van der Waals surface area contributed by atoms with Gasteiger partial charge in [0, 0.05) is 12.6 Å². The monoisotopic (exact) mass is 424 g/mol. The topological polar surface area (TPSA) is 104 Å². The molecule has 1 heterocycles. The van der Waals surface area contributed by atoms with Crippen LogP contribution in [0, 0.1) is 6.92 Å². The highest BCUT2D eigenvalue weighted by atomic mass is 16.5. The number of hydrogen-bond acceptors (Lipinski definition) is 6. The van der Waals surface area contributed by atoms with E-state index in [1.54, 1.807) is 25.1 Å². The molecule has 31 heavy (non-hydrogen) atoms. The quantitative estimate of drug-likeness (QED) is 0.617. The second kappa shape index (κ2) is 9.29. The molecule has 0 aliphatic rings. The van der Waals surface area contributed by atoms with Gasteiger partial charge in [0.1, 0.15) is 0 Å². The maximum Gasteiger partial charge on any atom is 0.352 e. The normalized spacial score (nSPS) is 10.6. The van der Waals surface area contributed by atoms with E-state index in [0.717, 1.165) is 20.4 Å². The van der Waals surface area contributed by atoms with Crippen molar-refractivity contribution in [1.82, 2.24) is 19.7 Å². The molecular formula is C22H24N4O5. The molecule has 0 radical (unpaired) electrons. The summed E-state index contributed by atoms with van der Waals surface area (Å²) in [5.74, 6) is 0.195. The lowest BCUT2D eigenvalue weighted by molar-refractivity contribution is 0.0946. The van der Waals surface area contributed by atoms with E-state index in [-0.39, 0.29) is 12.2 Å². The maximum absolute atomic E-state index is 13.2. The molecule has 1 aromatic heterocycles. The predicted octanol–water partition coefficient (Wildman–Crippen LogP) is 1.52. The van der Waals surface area contributed by atoms with Gasteiger partial charge in [-0.1, -0.05) is 29.8 Å². The van der Waals surface area contributed by atoms with Crippen LogP contribution in [-0.4, -0.2) is 41.0 Å². The number of ether oxygens (including phenoxy) is 2. The van der Waals surface area contributed by atoms with Gasteiger partial charge in [-0.15, -0.1) is 0 Å². The molecule has 1 N–H and O–H groups in total. The highest BCUT2D eigenvalue weighted by Crippen LogP contribution is 2.28. The fourth-order valence-corrected chi connectivity index (χ4v) is 3.04. The molecule has 0 saturated carbocycles. The van der Waals surface area contributed by atoms with Crippen molar-refractivity contribution in [1.29, 1.82) is 0 Å². The van der Waals surface area contributed by atoms with Crippen LogP contribution in [0.15, 0.2) is 52.1 Å². The summed E-state index contributed by atoms with van der Waals surface area (Å²) in [6.07, 6.45) is 0. The number of rotatable bonds is 7. The zero-order valence-electron chi connectivity index (χ0n) is 17.8. The number of aromatic nitrogens is 3. The molecule has 0 aliphatic carbocycles. The zero-order chi connectivity index (χ0) is 22.5. The van der Waals surface area contributed by atoms with E-state index in [4.69, 9.17) is 9.47 Å². The molecule has 2 aromatic carbocycles. The largest absolute Gasteiger partial charge is 0.493 e. The van der Waals surface area contributed by atoms with Crippen molar-refractivity contribution in [3.8, 4) is 17.2 Å². The first-order valence-corrected chi connectivity index (χ1v) is 9.69. The highest BCUT2D eigenvalue weighted by Gasteiger charge is 2.20. The van der Waals surface area contributed by atoms with Crippen LogP contribution in [0.5, 0.6) is 11.5 Å². The van der Waals surface area contributed by atoms with Crippen molar-refractivity contribution >= 4 is 5.91 Å². The molecule has 0 atom stereocenters. The molecule has 162 valence electrons. The number of carbonyl (C=O) groups excluding carboxylic acids is 1. The minimum absolute atomic E-state index is 0.000160. The Morgan fingerprint density at radius 2 is 1.71 bits per heavy atom. The average Bonchev–Trinajstić information content (AvgIpc) is 2.77. The van der Waals surface area contributed by atoms with Gasteiger partial charge in [-0.05, 0) is 31.5 Å². The zero-order valence-corrected chi connectivity index (χ0v) is 17.8. The molecule has 3 rings (SSSR count). The van der Waals surface area contributed by atoms with E-state index in [0.29, 0.717) is 23.7 Å². The third-order valence-electron chi connectivity index (χ3n) is 4.69. The first-order chi connectivity index (χ1) is 14.9. The van der Waals surface area contributed by atoms with Gasteiger partial charge in [0.15, 0.2) is 11.5 Å². The van der Waals surface area contributed by atoms with Crippen LogP contribution in [-0.2, 0) is 6.54 Å². The minimum atomic E-state index is -0.756. The lowest BCUT2D eigenvalue weighted by atomic mass is 10.1. The lowest BCUT2D eigenvalue weighted by Gasteiger charge is -2.14. The number of carbonyl (C=O) groups is 1.